The molecule has 0 aliphatic carbocycles. The van der Waals surface area contributed by atoms with Crippen molar-refractivity contribution in [3.8, 4) is 0 Å². The van der Waals surface area contributed by atoms with E-state index in [0.29, 0.717) is 0 Å². The van der Waals surface area contributed by atoms with Crippen LogP contribution in [0.4, 0.5) is 0 Å². The Balaban J connectivity index is 3.11. The van der Waals surface area contributed by atoms with Crippen LogP contribution in [0.25, 0.3) is 0 Å². The molecule has 0 amide bonds. The molecule has 0 N–H and O–H groups in total. The van der Waals surface area contributed by atoms with E-state index in [0.717, 1.165) is 6.42 Å². The fraction of sp³-hybridized carbons (Fsp3) is 0.556. The van der Waals surface area contributed by atoms with E-state index in [-0.39, 0.29) is 6.61 Å². The van der Waals surface area contributed by atoms with E-state index in [1.165, 1.54) is 12.8 Å². The summed E-state index contributed by atoms with van der Waals surface area (Å²) in [5, 5.41) is 9.90. The third-order valence-electron chi connectivity index (χ3n) is 1.20. The van der Waals surface area contributed by atoms with Crippen molar-refractivity contribution in [2.24, 2.45) is 0 Å². The molecule has 0 heterocycles. The molecular formula is C9H15O. The largest absolute Gasteiger partial charge is 0.232 e. The van der Waals surface area contributed by atoms with Gasteiger partial charge in [0.15, 0.2) is 0 Å². The van der Waals surface area contributed by atoms with E-state index in [2.05, 4.69) is 13.0 Å². The van der Waals surface area contributed by atoms with Gasteiger partial charge in [-0.25, -0.2) is 5.11 Å². The average molecular weight is 139 g/mol. The molecule has 0 atom stereocenters. The van der Waals surface area contributed by atoms with Gasteiger partial charge < -0.3 is 0 Å². The molecular weight excluding hydrogens is 124 g/mol. The quantitative estimate of drug-likeness (QED) is 0.412. The van der Waals surface area contributed by atoms with Gasteiger partial charge in [0, 0.05) is 0 Å². The highest BCUT2D eigenvalue weighted by Crippen LogP contribution is 1.94. The van der Waals surface area contributed by atoms with Crippen LogP contribution in [0.1, 0.15) is 26.2 Å². The molecule has 0 aromatic heterocycles. The maximum Gasteiger partial charge on any atom is 0.101 e. The maximum atomic E-state index is 9.90. The average Bonchev–Trinajstić information content (AvgIpc) is 1.97. The zero-order valence-corrected chi connectivity index (χ0v) is 6.55. The van der Waals surface area contributed by atoms with Crippen LogP contribution in [-0.2, 0) is 5.11 Å². The molecule has 0 aromatic carbocycles. The van der Waals surface area contributed by atoms with Crippen molar-refractivity contribution in [3.63, 3.8) is 0 Å². The summed E-state index contributed by atoms with van der Waals surface area (Å²) in [7, 11) is 0. The van der Waals surface area contributed by atoms with Crippen LogP contribution >= 0.6 is 0 Å². The maximum absolute atomic E-state index is 9.90. The Morgan fingerprint density at radius 1 is 1.20 bits per heavy atom. The number of unbranched alkanes of at least 4 members (excludes halogenated alkanes) is 2. The highest BCUT2D eigenvalue weighted by atomic mass is 16.2. The molecule has 0 saturated carbocycles. The summed E-state index contributed by atoms with van der Waals surface area (Å²) in [6.07, 6.45) is 11.0. The molecule has 57 valence electrons. The van der Waals surface area contributed by atoms with Gasteiger partial charge in [0.25, 0.3) is 0 Å². The molecule has 0 aromatic rings. The van der Waals surface area contributed by atoms with Gasteiger partial charge in [-0.1, -0.05) is 44.1 Å². The lowest BCUT2D eigenvalue weighted by molar-refractivity contribution is 0.232. The third-order valence-corrected chi connectivity index (χ3v) is 1.20. The van der Waals surface area contributed by atoms with Crippen LogP contribution in [0.2, 0.25) is 0 Å². The van der Waals surface area contributed by atoms with Gasteiger partial charge in [0.05, 0.1) is 0 Å². The standard InChI is InChI=1S/C9H15O/c1-2-3-4-5-6-7-8-9-10/h5-8H,2-4,9H2,1H3. The van der Waals surface area contributed by atoms with Crippen molar-refractivity contribution in [1.29, 1.82) is 0 Å². The van der Waals surface area contributed by atoms with Gasteiger partial charge in [-0.2, -0.15) is 0 Å². The Kier molecular flexibility index (Phi) is 7.97. The molecule has 0 spiro atoms. The van der Waals surface area contributed by atoms with E-state index in [4.69, 9.17) is 0 Å². The molecule has 0 bridgehead atoms. The zero-order valence-electron chi connectivity index (χ0n) is 6.55. The summed E-state index contributed by atoms with van der Waals surface area (Å²) in [6.45, 7) is 2.05. The summed E-state index contributed by atoms with van der Waals surface area (Å²) in [5.41, 5.74) is 0. The normalized spacial score (nSPS) is 11.8. The minimum Gasteiger partial charge on any atom is -0.232 e. The number of rotatable bonds is 5. The van der Waals surface area contributed by atoms with Crippen LogP contribution in [0.15, 0.2) is 24.3 Å². The van der Waals surface area contributed by atoms with Gasteiger partial charge in [-0.05, 0) is 6.42 Å². The second-order valence-corrected chi connectivity index (χ2v) is 2.17. The van der Waals surface area contributed by atoms with Crippen LogP contribution in [0.5, 0.6) is 0 Å². The Labute approximate surface area is 63.1 Å². The second kappa shape index (κ2) is 8.44. The highest BCUT2D eigenvalue weighted by Gasteiger charge is 1.74. The second-order valence-electron chi connectivity index (χ2n) is 2.17. The Hall–Kier alpha value is -0.560. The Bertz CT molecular complexity index is 103. The van der Waals surface area contributed by atoms with Gasteiger partial charge in [0.1, 0.15) is 6.61 Å². The molecule has 1 nitrogen and oxygen atoms in total. The van der Waals surface area contributed by atoms with Crippen molar-refractivity contribution in [3.05, 3.63) is 24.3 Å². The fourth-order valence-electron chi connectivity index (χ4n) is 0.631. The lowest BCUT2D eigenvalue weighted by Gasteiger charge is -1.84. The van der Waals surface area contributed by atoms with Crippen LogP contribution < -0.4 is 0 Å². The van der Waals surface area contributed by atoms with Crippen molar-refractivity contribution in [2.75, 3.05) is 6.61 Å². The molecule has 0 saturated heterocycles. The number of hydrogen-bond donors (Lipinski definition) is 0. The summed E-state index contributed by atoms with van der Waals surface area (Å²) >= 11 is 0. The SMILES string of the molecule is CCCCC=CC=CC[O]. The summed E-state index contributed by atoms with van der Waals surface area (Å²) in [4.78, 5) is 0. The van der Waals surface area contributed by atoms with Crippen molar-refractivity contribution < 1.29 is 5.11 Å². The van der Waals surface area contributed by atoms with Crippen LogP contribution in [0.3, 0.4) is 0 Å². The first kappa shape index (κ1) is 9.44. The molecule has 0 aliphatic rings. The van der Waals surface area contributed by atoms with Crippen molar-refractivity contribution >= 4 is 0 Å². The molecule has 0 fully saturated rings. The summed E-state index contributed by atoms with van der Waals surface area (Å²) in [6, 6.07) is 0. The molecule has 10 heavy (non-hydrogen) atoms. The first-order valence-corrected chi connectivity index (χ1v) is 3.81. The lowest BCUT2D eigenvalue weighted by Crippen LogP contribution is -1.67. The first-order valence-electron chi connectivity index (χ1n) is 3.81. The Morgan fingerprint density at radius 3 is 2.50 bits per heavy atom. The minimum atomic E-state index is -0.113. The van der Waals surface area contributed by atoms with Crippen LogP contribution in [0, 0.1) is 0 Å². The number of allylic oxidation sites excluding steroid dienone is 3. The van der Waals surface area contributed by atoms with Crippen LogP contribution in [-0.4, -0.2) is 6.61 Å². The summed E-state index contributed by atoms with van der Waals surface area (Å²) < 4.78 is 0. The molecule has 1 heteroatoms. The smallest absolute Gasteiger partial charge is 0.101 e. The van der Waals surface area contributed by atoms with Crippen molar-refractivity contribution in [1.82, 2.24) is 0 Å². The fourth-order valence-corrected chi connectivity index (χ4v) is 0.631. The van der Waals surface area contributed by atoms with Gasteiger partial charge in [-0.3, -0.25) is 0 Å². The van der Waals surface area contributed by atoms with Gasteiger partial charge in [-0.15, -0.1) is 0 Å². The third kappa shape index (κ3) is 7.44. The Morgan fingerprint density at radius 2 is 1.90 bits per heavy atom. The first-order chi connectivity index (χ1) is 4.91. The van der Waals surface area contributed by atoms with E-state index in [1.807, 2.05) is 12.2 Å². The van der Waals surface area contributed by atoms with E-state index < -0.39 is 0 Å². The van der Waals surface area contributed by atoms with E-state index >= 15 is 0 Å². The molecule has 0 unspecified atom stereocenters. The lowest BCUT2D eigenvalue weighted by atomic mass is 10.2. The number of hydrogen-bond acceptors (Lipinski definition) is 0. The molecule has 0 aliphatic heterocycles. The minimum absolute atomic E-state index is 0.113. The van der Waals surface area contributed by atoms with Gasteiger partial charge >= 0.3 is 0 Å². The molecule has 1 radical (unpaired) electrons. The topological polar surface area (TPSA) is 19.9 Å². The van der Waals surface area contributed by atoms with Crippen molar-refractivity contribution in [2.45, 2.75) is 26.2 Å². The van der Waals surface area contributed by atoms with E-state index in [9.17, 15) is 5.11 Å². The predicted octanol–water partition coefficient (Wildman–Crippen LogP) is 2.72. The predicted molar refractivity (Wildman–Crippen MR) is 43.4 cm³/mol. The van der Waals surface area contributed by atoms with E-state index in [1.54, 1.807) is 6.08 Å². The van der Waals surface area contributed by atoms with Gasteiger partial charge in [0.2, 0.25) is 0 Å². The zero-order chi connectivity index (χ0) is 7.66. The summed E-state index contributed by atoms with van der Waals surface area (Å²) in [5.74, 6) is 0. The highest BCUT2D eigenvalue weighted by molar-refractivity contribution is 5.01. The monoisotopic (exact) mass is 139 g/mol. The molecule has 0 rings (SSSR count).